The second-order valence-corrected chi connectivity index (χ2v) is 3.08. The maximum absolute atomic E-state index is 8.73. The molecule has 5 heteroatoms. The van der Waals surface area contributed by atoms with Crippen molar-refractivity contribution >= 4 is 5.65 Å². The summed E-state index contributed by atoms with van der Waals surface area (Å²) in [6.45, 7) is 0.403. The number of aromatic nitrogens is 3. The minimum atomic E-state index is 0.305. The van der Waals surface area contributed by atoms with Gasteiger partial charge in [0.15, 0.2) is 5.65 Å². The molecule has 0 unspecified atom stereocenters. The van der Waals surface area contributed by atoms with Crippen molar-refractivity contribution in [2.45, 2.75) is 13.0 Å². The highest BCUT2D eigenvalue weighted by Gasteiger charge is 2.12. The molecular formula is C10H10N4O. The van der Waals surface area contributed by atoms with Crippen LogP contribution in [0.1, 0.15) is 11.3 Å². The fraction of sp³-hybridized carbons (Fsp3) is 0.300. The van der Waals surface area contributed by atoms with Gasteiger partial charge in [-0.3, -0.25) is 0 Å². The van der Waals surface area contributed by atoms with Crippen molar-refractivity contribution in [2.24, 2.45) is 0 Å². The SMILES string of the molecule is COCc1nn2cccnc2c1CC#N. The number of hydrogen-bond donors (Lipinski definition) is 0. The van der Waals surface area contributed by atoms with Crippen LogP contribution >= 0.6 is 0 Å². The summed E-state index contributed by atoms with van der Waals surface area (Å²) in [5, 5.41) is 13.0. The molecule has 0 aliphatic carbocycles. The molecule has 5 nitrogen and oxygen atoms in total. The Hall–Kier alpha value is -1.93. The zero-order valence-electron chi connectivity index (χ0n) is 8.34. The fourth-order valence-corrected chi connectivity index (χ4v) is 1.49. The van der Waals surface area contributed by atoms with Crippen LogP contribution in [0.25, 0.3) is 5.65 Å². The second-order valence-electron chi connectivity index (χ2n) is 3.08. The second kappa shape index (κ2) is 4.07. The van der Waals surface area contributed by atoms with Gasteiger partial charge in [0.2, 0.25) is 0 Å². The minimum absolute atomic E-state index is 0.305. The van der Waals surface area contributed by atoms with E-state index in [1.807, 2.05) is 6.20 Å². The molecule has 2 heterocycles. The van der Waals surface area contributed by atoms with Gasteiger partial charge in [-0.15, -0.1) is 0 Å². The summed E-state index contributed by atoms with van der Waals surface area (Å²) in [6.07, 6.45) is 3.80. The number of ether oxygens (including phenoxy) is 1. The first-order chi connectivity index (χ1) is 7.36. The monoisotopic (exact) mass is 202 g/mol. The third-order valence-electron chi connectivity index (χ3n) is 2.11. The zero-order valence-corrected chi connectivity index (χ0v) is 8.34. The van der Waals surface area contributed by atoms with Gasteiger partial charge in [0.1, 0.15) is 0 Å². The Kier molecular flexibility index (Phi) is 2.61. The minimum Gasteiger partial charge on any atom is -0.378 e. The Labute approximate surface area is 86.9 Å². The Morgan fingerprint density at radius 1 is 1.60 bits per heavy atom. The molecule has 0 spiro atoms. The van der Waals surface area contributed by atoms with Crippen LogP contribution in [0.3, 0.4) is 0 Å². The van der Waals surface area contributed by atoms with Crippen molar-refractivity contribution in [3.8, 4) is 6.07 Å². The Morgan fingerprint density at radius 2 is 2.47 bits per heavy atom. The molecule has 0 aliphatic heterocycles. The van der Waals surface area contributed by atoms with Crippen molar-refractivity contribution < 1.29 is 4.74 Å². The molecule has 0 amide bonds. The van der Waals surface area contributed by atoms with Gasteiger partial charge >= 0.3 is 0 Å². The third kappa shape index (κ3) is 1.67. The van der Waals surface area contributed by atoms with Gasteiger partial charge in [0.05, 0.1) is 24.8 Å². The van der Waals surface area contributed by atoms with Crippen LogP contribution in [-0.4, -0.2) is 21.7 Å². The molecule has 2 aromatic heterocycles. The highest BCUT2D eigenvalue weighted by atomic mass is 16.5. The molecule has 0 saturated heterocycles. The molecule has 0 bridgehead atoms. The van der Waals surface area contributed by atoms with Crippen LogP contribution in [0.4, 0.5) is 0 Å². The Bertz CT molecular complexity index is 512. The van der Waals surface area contributed by atoms with Crippen molar-refractivity contribution in [3.63, 3.8) is 0 Å². The van der Waals surface area contributed by atoms with E-state index in [1.165, 1.54) is 0 Å². The summed E-state index contributed by atoms with van der Waals surface area (Å²) >= 11 is 0. The van der Waals surface area contributed by atoms with Gasteiger partial charge in [-0.1, -0.05) is 0 Å². The molecule has 0 aliphatic rings. The van der Waals surface area contributed by atoms with Gasteiger partial charge < -0.3 is 4.74 Å². The van der Waals surface area contributed by atoms with Gasteiger partial charge in [0, 0.05) is 25.1 Å². The predicted molar refractivity (Wildman–Crippen MR) is 53.0 cm³/mol. The van der Waals surface area contributed by atoms with E-state index in [4.69, 9.17) is 10.00 Å². The average molecular weight is 202 g/mol. The average Bonchev–Trinajstić information content (AvgIpc) is 2.59. The number of rotatable bonds is 3. The lowest BCUT2D eigenvalue weighted by molar-refractivity contribution is 0.180. The lowest BCUT2D eigenvalue weighted by Gasteiger charge is -1.95. The highest BCUT2D eigenvalue weighted by Crippen LogP contribution is 2.14. The quantitative estimate of drug-likeness (QED) is 0.743. The van der Waals surface area contributed by atoms with Crippen LogP contribution in [0.15, 0.2) is 18.5 Å². The van der Waals surface area contributed by atoms with Crippen LogP contribution in [0.2, 0.25) is 0 Å². The first kappa shape index (κ1) is 9.62. The Morgan fingerprint density at radius 3 is 3.20 bits per heavy atom. The topological polar surface area (TPSA) is 63.2 Å². The maximum atomic E-state index is 8.73. The van der Waals surface area contributed by atoms with Gasteiger partial charge in [-0.2, -0.15) is 10.4 Å². The summed E-state index contributed by atoms with van der Waals surface area (Å²) in [4.78, 5) is 4.20. The number of fused-ring (bicyclic) bond motifs is 1. The smallest absolute Gasteiger partial charge is 0.159 e. The van der Waals surface area contributed by atoms with Crippen LogP contribution in [0.5, 0.6) is 0 Å². The number of methoxy groups -OCH3 is 1. The highest BCUT2D eigenvalue weighted by molar-refractivity contribution is 5.50. The van der Waals surface area contributed by atoms with Crippen LogP contribution < -0.4 is 0 Å². The van der Waals surface area contributed by atoms with Crippen LogP contribution in [0, 0.1) is 11.3 Å². The van der Waals surface area contributed by atoms with Gasteiger partial charge in [-0.05, 0) is 6.07 Å². The molecule has 0 fully saturated rings. The maximum Gasteiger partial charge on any atom is 0.159 e. The van der Waals surface area contributed by atoms with Crippen molar-refractivity contribution in [1.82, 2.24) is 14.6 Å². The van der Waals surface area contributed by atoms with E-state index >= 15 is 0 Å². The molecule has 0 radical (unpaired) electrons. The standard InChI is InChI=1S/C10H10N4O/c1-15-7-9-8(3-4-11)10-12-5-2-6-14(10)13-9/h2,5-6H,3,7H2,1H3. The van der Waals surface area contributed by atoms with E-state index < -0.39 is 0 Å². The summed E-state index contributed by atoms with van der Waals surface area (Å²) in [5.74, 6) is 0. The third-order valence-corrected chi connectivity index (χ3v) is 2.11. The zero-order chi connectivity index (χ0) is 10.7. The van der Waals surface area contributed by atoms with E-state index in [9.17, 15) is 0 Å². The molecule has 0 saturated carbocycles. The largest absolute Gasteiger partial charge is 0.378 e. The van der Waals surface area contributed by atoms with E-state index in [2.05, 4.69) is 16.2 Å². The predicted octanol–water partition coefficient (Wildman–Crippen LogP) is 0.942. The van der Waals surface area contributed by atoms with E-state index in [0.29, 0.717) is 13.0 Å². The van der Waals surface area contributed by atoms with Crippen LogP contribution in [-0.2, 0) is 17.8 Å². The van der Waals surface area contributed by atoms with Crippen molar-refractivity contribution in [3.05, 3.63) is 29.7 Å². The number of nitriles is 1. The molecule has 2 rings (SSSR count). The van der Waals surface area contributed by atoms with E-state index in [0.717, 1.165) is 16.9 Å². The molecule has 0 N–H and O–H groups in total. The first-order valence-corrected chi connectivity index (χ1v) is 4.54. The normalized spacial score (nSPS) is 10.4. The molecule has 0 atom stereocenters. The summed E-state index contributed by atoms with van der Waals surface area (Å²) in [5.41, 5.74) is 2.35. The molecule has 15 heavy (non-hydrogen) atoms. The molecule has 2 aromatic rings. The van der Waals surface area contributed by atoms with Gasteiger partial charge in [0.25, 0.3) is 0 Å². The number of hydrogen-bond acceptors (Lipinski definition) is 4. The lowest BCUT2D eigenvalue weighted by atomic mass is 10.2. The molecular weight excluding hydrogens is 192 g/mol. The lowest BCUT2D eigenvalue weighted by Crippen LogP contribution is -1.93. The number of nitrogens with zero attached hydrogens (tertiary/aromatic N) is 4. The summed E-state index contributed by atoms with van der Waals surface area (Å²) < 4.78 is 6.70. The van der Waals surface area contributed by atoms with E-state index in [-0.39, 0.29) is 0 Å². The summed E-state index contributed by atoms with van der Waals surface area (Å²) in [7, 11) is 1.60. The Balaban J connectivity index is 2.59. The van der Waals surface area contributed by atoms with Crippen molar-refractivity contribution in [1.29, 1.82) is 5.26 Å². The summed E-state index contributed by atoms with van der Waals surface area (Å²) in [6, 6.07) is 3.91. The van der Waals surface area contributed by atoms with Crippen molar-refractivity contribution in [2.75, 3.05) is 7.11 Å². The molecule has 76 valence electrons. The molecule has 0 aromatic carbocycles. The first-order valence-electron chi connectivity index (χ1n) is 4.54. The van der Waals surface area contributed by atoms with E-state index in [1.54, 1.807) is 23.9 Å². The fourth-order valence-electron chi connectivity index (χ4n) is 1.49. The van der Waals surface area contributed by atoms with Gasteiger partial charge in [-0.25, -0.2) is 9.50 Å².